The average molecular weight is 298 g/mol. The molecule has 1 atom stereocenters. The molecular weight excluding hydrogens is 280 g/mol. The summed E-state index contributed by atoms with van der Waals surface area (Å²) in [5.74, 6) is 0.206. The number of hydrogen-bond acceptors (Lipinski definition) is 5. The maximum Gasteiger partial charge on any atom is 0.330 e. The van der Waals surface area contributed by atoms with Gasteiger partial charge in [-0.15, -0.1) is 0 Å². The standard InChI is InChI=1S/C13H18N2O4S/c1-7(2)10-9(8(3)15-19-10)11(16)14-13(12(17)18)4-5-20-6-13/h7H,4-6H2,1-3H3,(H,14,16)(H,17,18). The van der Waals surface area contributed by atoms with Crippen LogP contribution in [0.5, 0.6) is 0 Å². The van der Waals surface area contributed by atoms with Gasteiger partial charge in [-0.25, -0.2) is 4.79 Å². The zero-order valence-corrected chi connectivity index (χ0v) is 12.5. The Kier molecular flexibility index (Phi) is 4.08. The number of nitrogens with one attached hydrogen (secondary N) is 1. The molecule has 1 saturated heterocycles. The maximum atomic E-state index is 12.4. The molecule has 1 aromatic rings. The van der Waals surface area contributed by atoms with Crippen LogP contribution in [0.4, 0.5) is 0 Å². The first-order valence-electron chi connectivity index (χ1n) is 6.47. The highest BCUT2D eigenvalue weighted by Crippen LogP contribution is 2.30. The molecule has 7 heteroatoms. The Morgan fingerprint density at radius 1 is 1.50 bits per heavy atom. The third-order valence-corrected chi connectivity index (χ3v) is 4.61. The molecule has 6 nitrogen and oxygen atoms in total. The second kappa shape index (κ2) is 5.47. The molecule has 2 N–H and O–H groups in total. The lowest BCUT2D eigenvalue weighted by atomic mass is 9.97. The molecule has 2 rings (SSSR count). The van der Waals surface area contributed by atoms with Crippen molar-refractivity contribution in [3.05, 3.63) is 17.0 Å². The molecule has 1 amide bonds. The molecule has 0 bridgehead atoms. The van der Waals surface area contributed by atoms with Crippen LogP contribution in [0.1, 0.15) is 48.0 Å². The number of carbonyl (C=O) groups is 2. The molecule has 110 valence electrons. The molecule has 20 heavy (non-hydrogen) atoms. The van der Waals surface area contributed by atoms with E-state index >= 15 is 0 Å². The fourth-order valence-corrected chi connectivity index (χ4v) is 3.55. The van der Waals surface area contributed by atoms with Gasteiger partial charge in [-0.2, -0.15) is 11.8 Å². The van der Waals surface area contributed by atoms with Gasteiger partial charge >= 0.3 is 5.97 Å². The minimum Gasteiger partial charge on any atom is -0.479 e. The number of aromatic nitrogens is 1. The topological polar surface area (TPSA) is 92.4 Å². The van der Waals surface area contributed by atoms with Gasteiger partial charge in [0.25, 0.3) is 5.91 Å². The Labute approximate surface area is 121 Å². The van der Waals surface area contributed by atoms with Crippen molar-refractivity contribution in [2.75, 3.05) is 11.5 Å². The zero-order chi connectivity index (χ0) is 14.9. The largest absolute Gasteiger partial charge is 0.479 e. The van der Waals surface area contributed by atoms with Crippen molar-refractivity contribution in [1.82, 2.24) is 10.5 Å². The molecule has 0 spiro atoms. The monoisotopic (exact) mass is 298 g/mol. The summed E-state index contributed by atoms with van der Waals surface area (Å²) in [5.41, 5.74) is -0.338. The third kappa shape index (κ3) is 2.54. The van der Waals surface area contributed by atoms with Crippen LogP contribution in [0, 0.1) is 6.92 Å². The van der Waals surface area contributed by atoms with E-state index in [1.54, 1.807) is 6.92 Å². The number of carboxylic acid groups (broad SMARTS) is 1. The second-order valence-electron chi connectivity index (χ2n) is 5.31. The summed E-state index contributed by atoms with van der Waals surface area (Å²) in [6.45, 7) is 5.48. The Balaban J connectivity index is 2.28. The van der Waals surface area contributed by atoms with Gasteiger partial charge in [0.1, 0.15) is 11.1 Å². The van der Waals surface area contributed by atoms with Gasteiger partial charge in [0, 0.05) is 11.7 Å². The summed E-state index contributed by atoms with van der Waals surface area (Å²) in [4.78, 5) is 23.9. The first kappa shape index (κ1) is 14.9. The predicted molar refractivity (Wildman–Crippen MR) is 75.1 cm³/mol. The van der Waals surface area contributed by atoms with Crippen molar-refractivity contribution < 1.29 is 19.2 Å². The van der Waals surface area contributed by atoms with Gasteiger partial charge in [0.2, 0.25) is 0 Å². The van der Waals surface area contributed by atoms with E-state index < -0.39 is 17.4 Å². The zero-order valence-electron chi connectivity index (χ0n) is 11.7. The number of hydrogen-bond donors (Lipinski definition) is 2. The van der Waals surface area contributed by atoms with E-state index in [1.165, 1.54) is 11.8 Å². The lowest BCUT2D eigenvalue weighted by molar-refractivity contribution is -0.143. The fraction of sp³-hybridized carbons (Fsp3) is 0.615. The number of aryl methyl sites for hydroxylation is 1. The second-order valence-corrected chi connectivity index (χ2v) is 6.41. The van der Waals surface area contributed by atoms with Gasteiger partial charge in [-0.05, 0) is 19.1 Å². The van der Waals surface area contributed by atoms with E-state index in [0.29, 0.717) is 29.2 Å². The highest BCUT2D eigenvalue weighted by molar-refractivity contribution is 7.99. The fourth-order valence-electron chi connectivity index (χ4n) is 2.22. The van der Waals surface area contributed by atoms with Crippen molar-refractivity contribution in [3.8, 4) is 0 Å². The van der Waals surface area contributed by atoms with Crippen LogP contribution in [0.3, 0.4) is 0 Å². The van der Waals surface area contributed by atoms with Crippen LogP contribution < -0.4 is 5.32 Å². The van der Waals surface area contributed by atoms with Crippen molar-refractivity contribution in [3.63, 3.8) is 0 Å². The first-order valence-corrected chi connectivity index (χ1v) is 7.62. The van der Waals surface area contributed by atoms with E-state index in [2.05, 4.69) is 10.5 Å². The normalized spacial score (nSPS) is 22.2. The van der Waals surface area contributed by atoms with Crippen molar-refractivity contribution in [1.29, 1.82) is 0 Å². The Morgan fingerprint density at radius 3 is 2.70 bits per heavy atom. The highest BCUT2D eigenvalue weighted by Gasteiger charge is 2.44. The summed E-state index contributed by atoms with van der Waals surface area (Å²) in [6.07, 6.45) is 0.431. The van der Waals surface area contributed by atoms with Crippen LogP contribution in [0.15, 0.2) is 4.52 Å². The number of nitrogens with zero attached hydrogens (tertiary/aromatic N) is 1. The molecule has 1 aliphatic rings. The minimum absolute atomic E-state index is 0.00989. The summed E-state index contributed by atoms with van der Waals surface area (Å²) >= 11 is 1.53. The van der Waals surface area contributed by atoms with Crippen LogP contribution in [-0.4, -0.2) is 39.2 Å². The van der Waals surface area contributed by atoms with Gasteiger partial charge in [0.15, 0.2) is 5.76 Å². The number of carbonyl (C=O) groups excluding carboxylic acids is 1. The van der Waals surface area contributed by atoms with Gasteiger partial charge < -0.3 is 14.9 Å². The Morgan fingerprint density at radius 2 is 2.20 bits per heavy atom. The van der Waals surface area contributed by atoms with Gasteiger partial charge in [-0.3, -0.25) is 4.79 Å². The summed E-state index contributed by atoms with van der Waals surface area (Å²) < 4.78 is 5.17. The molecule has 1 aromatic heterocycles. The molecule has 1 unspecified atom stereocenters. The van der Waals surface area contributed by atoms with Gasteiger partial charge in [0.05, 0.1) is 5.69 Å². The van der Waals surface area contributed by atoms with Crippen LogP contribution in [-0.2, 0) is 4.79 Å². The highest BCUT2D eigenvalue weighted by atomic mass is 32.2. The van der Waals surface area contributed by atoms with Crippen LogP contribution >= 0.6 is 11.8 Å². The van der Waals surface area contributed by atoms with E-state index in [0.717, 1.165) is 5.75 Å². The van der Waals surface area contributed by atoms with Crippen LogP contribution in [0.25, 0.3) is 0 Å². The van der Waals surface area contributed by atoms with Crippen molar-refractivity contribution in [2.24, 2.45) is 0 Å². The number of thioether (sulfide) groups is 1. The summed E-state index contributed by atoms with van der Waals surface area (Å²) in [5, 5.41) is 15.9. The molecule has 0 aliphatic carbocycles. The minimum atomic E-state index is -1.18. The molecule has 1 aliphatic heterocycles. The van der Waals surface area contributed by atoms with Crippen molar-refractivity contribution >= 4 is 23.6 Å². The molecular formula is C13H18N2O4S. The number of rotatable bonds is 4. The lowest BCUT2D eigenvalue weighted by Crippen LogP contribution is -2.55. The average Bonchev–Trinajstić information content (AvgIpc) is 2.96. The van der Waals surface area contributed by atoms with Gasteiger partial charge in [-0.1, -0.05) is 19.0 Å². The number of amides is 1. The SMILES string of the molecule is Cc1noc(C(C)C)c1C(=O)NC1(C(=O)O)CCSC1. The molecule has 2 heterocycles. The molecule has 0 aromatic carbocycles. The van der Waals surface area contributed by atoms with E-state index in [9.17, 15) is 14.7 Å². The van der Waals surface area contributed by atoms with E-state index in [4.69, 9.17) is 4.52 Å². The Hall–Kier alpha value is -1.50. The quantitative estimate of drug-likeness (QED) is 0.880. The van der Waals surface area contributed by atoms with Crippen molar-refractivity contribution in [2.45, 2.75) is 38.6 Å². The summed E-state index contributed by atoms with van der Waals surface area (Å²) in [6, 6.07) is 0. The molecule has 1 fully saturated rings. The first-order chi connectivity index (χ1) is 9.37. The van der Waals surface area contributed by atoms with E-state index in [1.807, 2.05) is 13.8 Å². The number of carboxylic acids is 1. The number of aliphatic carboxylic acids is 1. The molecule has 0 radical (unpaired) electrons. The van der Waals surface area contributed by atoms with Crippen LogP contribution in [0.2, 0.25) is 0 Å². The Bertz CT molecular complexity index is 532. The smallest absolute Gasteiger partial charge is 0.330 e. The summed E-state index contributed by atoms with van der Waals surface area (Å²) in [7, 11) is 0. The van der Waals surface area contributed by atoms with E-state index in [-0.39, 0.29) is 5.92 Å². The maximum absolute atomic E-state index is 12.4. The third-order valence-electron chi connectivity index (χ3n) is 3.42. The lowest BCUT2D eigenvalue weighted by Gasteiger charge is -2.24. The molecule has 0 saturated carbocycles. The predicted octanol–water partition coefficient (Wildman–Crippen LogP) is 1.80.